The molecular weight excluding hydrogens is 322 g/mol. The van der Waals surface area contributed by atoms with Crippen molar-refractivity contribution in [2.45, 2.75) is 66.5 Å². The molecule has 1 aromatic carbocycles. The minimum atomic E-state index is -0.206. The molecule has 0 saturated carbocycles. The number of aromatic nitrogens is 1. The lowest BCUT2D eigenvalue weighted by Gasteiger charge is -2.26. The van der Waals surface area contributed by atoms with Crippen molar-refractivity contribution in [1.82, 2.24) is 4.98 Å². The molecule has 2 N–H and O–H groups in total. The number of anilines is 2. The summed E-state index contributed by atoms with van der Waals surface area (Å²) in [4.78, 5) is 17.9. The van der Waals surface area contributed by atoms with Gasteiger partial charge in [-0.15, -0.1) is 0 Å². The van der Waals surface area contributed by atoms with Crippen molar-refractivity contribution in [3.63, 3.8) is 0 Å². The number of carbonyl (C=O) groups is 1. The van der Waals surface area contributed by atoms with Gasteiger partial charge in [-0.3, -0.25) is 4.79 Å². The molecule has 2 rings (SSSR count). The second-order valence-corrected chi connectivity index (χ2v) is 8.99. The van der Waals surface area contributed by atoms with E-state index in [0.717, 1.165) is 16.9 Å². The number of ketones is 1. The Kier molecular flexibility index (Phi) is 5.45. The molecule has 0 amide bonds. The van der Waals surface area contributed by atoms with Gasteiger partial charge in [0.1, 0.15) is 11.6 Å². The molecule has 0 radical (unpaired) electrons. The number of hydrogen-bond acceptors (Lipinski definition) is 4. The van der Waals surface area contributed by atoms with Gasteiger partial charge >= 0.3 is 0 Å². The summed E-state index contributed by atoms with van der Waals surface area (Å²) in [6.45, 7) is 16.4. The summed E-state index contributed by atoms with van der Waals surface area (Å²) in [7, 11) is 0. The summed E-state index contributed by atoms with van der Waals surface area (Å²) in [6.07, 6.45) is 0. The molecule has 4 nitrogen and oxygen atoms in total. The first kappa shape index (κ1) is 20.0. The van der Waals surface area contributed by atoms with E-state index in [-0.39, 0.29) is 16.9 Å². The zero-order chi connectivity index (χ0) is 19.7. The summed E-state index contributed by atoms with van der Waals surface area (Å²) in [5.74, 6) is 1.38. The number of aryl methyl sites for hydroxylation is 2. The summed E-state index contributed by atoms with van der Waals surface area (Å²) < 4.78 is 0. The first-order chi connectivity index (χ1) is 11.9. The summed E-state index contributed by atoms with van der Waals surface area (Å²) in [6, 6.07) is 9.61. The second-order valence-electron chi connectivity index (χ2n) is 8.99. The predicted octanol–water partition coefficient (Wildman–Crippen LogP) is 5.35. The first-order valence-corrected chi connectivity index (χ1v) is 9.05. The average Bonchev–Trinajstić information content (AvgIpc) is 2.43. The van der Waals surface area contributed by atoms with E-state index in [1.165, 1.54) is 0 Å². The Balaban J connectivity index is 2.55. The van der Waals surface area contributed by atoms with E-state index in [9.17, 15) is 4.79 Å². The van der Waals surface area contributed by atoms with Crippen molar-refractivity contribution in [2.24, 2.45) is 0 Å². The Morgan fingerprint density at radius 3 is 1.92 bits per heavy atom. The molecular formula is C22H31N3O. The number of pyridine rings is 1. The molecule has 26 heavy (non-hydrogen) atoms. The van der Waals surface area contributed by atoms with Gasteiger partial charge in [0.2, 0.25) is 0 Å². The van der Waals surface area contributed by atoms with Crippen LogP contribution in [0.5, 0.6) is 0 Å². The fourth-order valence-corrected chi connectivity index (χ4v) is 2.70. The number of carbonyl (C=O) groups excluding carboxylic acids is 1. The van der Waals surface area contributed by atoms with Gasteiger partial charge in [-0.2, -0.15) is 0 Å². The van der Waals surface area contributed by atoms with Crippen molar-refractivity contribution in [2.75, 3.05) is 10.6 Å². The van der Waals surface area contributed by atoms with Crippen LogP contribution in [0, 0.1) is 13.8 Å². The number of rotatable bonds is 4. The maximum absolute atomic E-state index is 13.2. The van der Waals surface area contributed by atoms with Crippen LogP contribution in [0.2, 0.25) is 0 Å². The molecule has 1 aromatic heterocycles. The fourth-order valence-electron chi connectivity index (χ4n) is 2.70. The first-order valence-electron chi connectivity index (χ1n) is 9.05. The maximum Gasteiger partial charge on any atom is 0.197 e. The zero-order valence-electron chi connectivity index (χ0n) is 17.2. The van der Waals surface area contributed by atoms with Crippen LogP contribution in [0.15, 0.2) is 30.3 Å². The van der Waals surface area contributed by atoms with E-state index < -0.39 is 0 Å². The molecule has 0 aliphatic heterocycles. The van der Waals surface area contributed by atoms with Gasteiger partial charge in [0, 0.05) is 16.6 Å². The lowest BCUT2D eigenvalue weighted by atomic mass is 9.97. The standard InChI is InChI=1S/C22H31N3O/c1-14-9-11-16(12-10-14)19(26)18-15(2)13-17(24-21(3,4)5)23-20(18)25-22(6,7)8/h9-13H,1-8H3,(H2,23,24,25). The molecule has 0 aliphatic carbocycles. The largest absolute Gasteiger partial charge is 0.365 e. The molecule has 140 valence electrons. The summed E-state index contributed by atoms with van der Waals surface area (Å²) in [5, 5.41) is 6.81. The molecule has 0 atom stereocenters. The van der Waals surface area contributed by atoms with Gasteiger partial charge in [0.05, 0.1) is 5.56 Å². The third-order valence-corrected chi connectivity index (χ3v) is 3.75. The molecule has 0 saturated heterocycles. The molecule has 1 heterocycles. The fraction of sp³-hybridized carbons (Fsp3) is 0.455. The average molecular weight is 354 g/mol. The highest BCUT2D eigenvalue weighted by molar-refractivity contribution is 6.13. The van der Waals surface area contributed by atoms with Crippen LogP contribution in [0.4, 0.5) is 11.6 Å². The normalized spacial score (nSPS) is 12.0. The lowest BCUT2D eigenvalue weighted by molar-refractivity contribution is 0.103. The quantitative estimate of drug-likeness (QED) is 0.728. The number of nitrogens with zero attached hydrogens (tertiary/aromatic N) is 1. The van der Waals surface area contributed by atoms with Crippen molar-refractivity contribution in [3.05, 3.63) is 52.6 Å². The predicted molar refractivity (Wildman–Crippen MR) is 110 cm³/mol. The van der Waals surface area contributed by atoms with Crippen LogP contribution < -0.4 is 10.6 Å². The highest BCUT2D eigenvalue weighted by Crippen LogP contribution is 2.28. The second kappa shape index (κ2) is 7.10. The monoisotopic (exact) mass is 353 g/mol. The Morgan fingerprint density at radius 2 is 1.42 bits per heavy atom. The molecule has 0 spiro atoms. The third kappa shape index (κ3) is 5.32. The molecule has 0 bridgehead atoms. The summed E-state index contributed by atoms with van der Waals surface area (Å²) >= 11 is 0. The smallest absolute Gasteiger partial charge is 0.197 e. The molecule has 0 fully saturated rings. The zero-order valence-corrected chi connectivity index (χ0v) is 17.2. The van der Waals surface area contributed by atoms with Crippen molar-refractivity contribution in [3.8, 4) is 0 Å². The molecule has 2 aromatic rings. The van der Waals surface area contributed by atoms with Crippen molar-refractivity contribution >= 4 is 17.4 Å². The Bertz CT molecular complexity index is 794. The van der Waals surface area contributed by atoms with Crippen LogP contribution in [0.3, 0.4) is 0 Å². The summed E-state index contributed by atoms with van der Waals surface area (Å²) in [5.41, 5.74) is 3.03. The van der Waals surface area contributed by atoms with Crippen LogP contribution in [0.25, 0.3) is 0 Å². The molecule has 4 heteroatoms. The highest BCUT2D eigenvalue weighted by atomic mass is 16.1. The Labute approximate surface area is 157 Å². The highest BCUT2D eigenvalue weighted by Gasteiger charge is 2.23. The van der Waals surface area contributed by atoms with Crippen LogP contribution in [0.1, 0.15) is 68.6 Å². The van der Waals surface area contributed by atoms with Crippen LogP contribution >= 0.6 is 0 Å². The van der Waals surface area contributed by atoms with E-state index in [1.54, 1.807) is 0 Å². The Morgan fingerprint density at radius 1 is 0.885 bits per heavy atom. The van der Waals surface area contributed by atoms with Crippen molar-refractivity contribution < 1.29 is 4.79 Å². The van der Waals surface area contributed by atoms with E-state index in [1.807, 2.05) is 44.2 Å². The third-order valence-electron chi connectivity index (χ3n) is 3.75. The van der Waals surface area contributed by atoms with Gasteiger partial charge in [-0.25, -0.2) is 4.98 Å². The van der Waals surface area contributed by atoms with E-state index in [0.29, 0.717) is 16.9 Å². The van der Waals surface area contributed by atoms with Crippen LogP contribution in [-0.2, 0) is 0 Å². The van der Waals surface area contributed by atoms with E-state index >= 15 is 0 Å². The molecule has 0 unspecified atom stereocenters. The van der Waals surface area contributed by atoms with E-state index in [4.69, 9.17) is 4.98 Å². The lowest BCUT2D eigenvalue weighted by Crippen LogP contribution is -2.30. The minimum absolute atomic E-state index is 0.0101. The van der Waals surface area contributed by atoms with Gasteiger partial charge in [-0.05, 0) is 67.0 Å². The minimum Gasteiger partial charge on any atom is -0.365 e. The van der Waals surface area contributed by atoms with Crippen molar-refractivity contribution in [1.29, 1.82) is 0 Å². The topological polar surface area (TPSA) is 54.0 Å². The maximum atomic E-state index is 13.2. The molecule has 0 aliphatic rings. The number of benzene rings is 1. The number of hydrogen-bond donors (Lipinski definition) is 2. The number of nitrogens with one attached hydrogen (secondary N) is 2. The van der Waals surface area contributed by atoms with Gasteiger partial charge < -0.3 is 10.6 Å². The SMILES string of the molecule is Cc1ccc(C(=O)c2c(C)cc(NC(C)(C)C)nc2NC(C)(C)C)cc1. The van der Waals surface area contributed by atoms with Gasteiger partial charge in [-0.1, -0.05) is 29.8 Å². The van der Waals surface area contributed by atoms with Gasteiger partial charge in [0.15, 0.2) is 5.78 Å². The Hall–Kier alpha value is -2.36. The van der Waals surface area contributed by atoms with Gasteiger partial charge in [0.25, 0.3) is 0 Å². The van der Waals surface area contributed by atoms with Crippen LogP contribution in [-0.4, -0.2) is 21.8 Å². The van der Waals surface area contributed by atoms with E-state index in [2.05, 4.69) is 52.2 Å².